The predicted octanol–water partition coefficient (Wildman–Crippen LogP) is 0.643. The molecule has 4 N–H and O–H groups in total. The summed E-state index contributed by atoms with van der Waals surface area (Å²) < 4.78 is 15.6. The highest BCUT2D eigenvalue weighted by molar-refractivity contribution is 5.99. The first-order valence-corrected chi connectivity index (χ1v) is 8.46. The fourth-order valence-corrected chi connectivity index (χ4v) is 2.26. The van der Waals surface area contributed by atoms with Gasteiger partial charge in [-0.2, -0.15) is 0 Å². The number of aromatic hydroxyl groups is 1. The highest BCUT2D eigenvalue weighted by Crippen LogP contribution is 2.31. The van der Waals surface area contributed by atoms with Gasteiger partial charge >= 0.3 is 0 Å². The molecule has 0 aliphatic heterocycles. The van der Waals surface area contributed by atoms with Crippen LogP contribution in [0.5, 0.6) is 11.5 Å². The monoisotopic (exact) mass is 368 g/mol. The summed E-state index contributed by atoms with van der Waals surface area (Å²) in [7, 11) is 1.36. The Labute approximate surface area is 153 Å². The molecule has 8 nitrogen and oxygen atoms in total. The van der Waals surface area contributed by atoms with Gasteiger partial charge in [0.2, 0.25) is 0 Å². The smallest absolute Gasteiger partial charge is 0.256 e. The number of phenols is 1. The van der Waals surface area contributed by atoms with Crippen LogP contribution in [0, 0.1) is 0 Å². The molecule has 0 aliphatic rings. The van der Waals surface area contributed by atoms with Gasteiger partial charge in [-0.3, -0.25) is 9.59 Å². The average molecular weight is 368 g/mol. The van der Waals surface area contributed by atoms with Crippen LogP contribution in [-0.2, 0) is 20.7 Å². The number of nitrogens with two attached hydrogens (primary N) is 1. The Morgan fingerprint density at radius 2 is 1.88 bits per heavy atom. The molecule has 1 aromatic rings. The highest BCUT2D eigenvalue weighted by atomic mass is 16.5. The molecule has 1 rings (SSSR count). The Hall–Kier alpha value is -2.16. The van der Waals surface area contributed by atoms with Gasteiger partial charge in [0.25, 0.3) is 5.91 Å². The van der Waals surface area contributed by atoms with Gasteiger partial charge in [-0.1, -0.05) is 19.9 Å². The van der Waals surface area contributed by atoms with E-state index in [0.29, 0.717) is 31.4 Å². The fraction of sp³-hybridized carbons (Fsp3) is 0.556. The van der Waals surface area contributed by atoms with Crippen molar-refractivity contribution in [2.75, 3.05) is 40.1 Å². The zero-order valence-corrected chi connectivity index (χ0v) is 15.5. The van der Waals surface area contributed by atoms with Crippen LogP contribution in [0.2, 0.25) is 0 Å². The van der Waals surface area contributed by atoms with E-state index in [9.17, 15) is 14.7 Å². The number of benzene rings is 1. The molecule has 0 radical (unpaired) electrons. The van der Waals surface area contributed by atoms with E-state index in [4.69, 9.17) is 19.9 Å². The van der Waals surface area contributed by atoms with E-state index in [-0.39, 0.29) is 35.9 Å². The van der Waals surface area contributed by atoms with Crippen molar-refractivity contribution in [2.45, 2.75) is 26.3 Å². The summed E-state index contributed by atoms with van der Waals surface area (Å²) in [5, 5.41) is 13.4. The van der Waals surface area contributed by atoms with E-state index >= 15 is 0 Å². The molecular weight excluding hydrogens is 340 g/mol. The third-order valence-corrected chi connectivity index (χ3v) is 3.51. The maximum absolute atomic E-state index is 12.0. The summed E-state index contributed by atoms with van der Waals surface area (Å²) in [6, 6.07) is 3.42. The second kappa shape index (κ2) is 11.5. The molecule has 146 valence electrons. The van der Waals surface area contributed by atoms with Crippen LogP contribution in [0.4, 0.5) is 0 Å². The zero-order valence-electron chi connectivity index (χ0n) is 15.5. The van der Waals surface area contributed by atoms with Crippen LogP contribution in [0.15, 0.2) is 12.1 Å². The SMILES string of the molecule is COc1ccc(CC(=O)COCCOCCNC(C)C)c(O)c1C(N)=O. The Bertz CT molecular complexity index is 604. The van der Waals surface area contributed by atoms with Crippen LogP contribution in [-0.4, -0.2) is 62.9 Å². The summed E-state index contributed by atoms with van der Waals surface area (Å²) in [4.78, 5) is 23.4. The summed E-state index contributed by atoms with van der Waals surface area (Å²) in [5.74, 6) is -1.24. The zero-order chi connectivity index (χ0) is 19.5. The molecule has 0 unspecified atom stereocenters. The number of methoxy groups -OCH3 is 1. The molecule has 0 aromatic heterocycles. The van der Waals surface area contributed by atoms with Gasteiger partial charge in [0.1, 0.15) is 23.7 Å². The van der Waals surface area contributed by atoms with Crippen molar-refractivity contribution < 1.29 is 28.9 Å². The quantitative estimate of drug-likeness (QED) is 0.437. The lowest BCUT2D eigenvalue weighted by Crippen LogP contribution is -2.27. The van der Waals surface area contributed by atoms with Crippen molar-refractivity contribution >= 4 is 11.7 Å². The Kier molecular flexibility index (Phi) is 9.64. The first kappa shape index (κ1) is 21.9. The number of carbonyl (C=O) groups excluding carboxylic acids is 2. The van der Waals surface area contributed by atoms with Gasteiger partial charge < -0.3 is 30.4 Å². The van der Waals surface area contributed by atoms with Gasteiger partial charge in [-0.25, -0.2) is 0 Å². The maximum Gasteiger partial charge on any atom is 0.256 e. The lowest BCUT2D eigenvalue weighted by molar-refractivity contribution is -0.123. The predicted molar refractivity (Wildman–Crippen MR) is 96.7 cm³/mol. The number of amides is 1. The van der Waals surface area contributed by atoms with Crippen molar-refractivity contribution in [3.05, 3.63) is 23.3 Å². The van der Waals surface area contributed by atoms with Gasteiger partial charge in [-0.05, 0) is 6.07 Å². The van der Waals surface area contributed by atoms with Crippen LogP contribution in [0.1, 0.15) is 29.8 Å². The minimum absolute atomic E-state index is 0.0741. The minimum Gasteiger partial charge on any atom is -0.507 e. The number of hydrogen-bond donors (Lipinski definition) is 3. The van der Waals surface area contributed by atoms with E-state index in [1.54, 1.807) is 0 Å². The van der Waals surface area contributed by atoms with Crippen molar-refractivity contribution in [1.29, 1.82) is 0 Å². The van der Waals surface area contributed by atoms with Crippen LogP contribution >= 0.6 is 0 Å². The van der Waals surface area contributed by atoms with E-state index in [1.807, 2.05) is 0 Å². The number of carbonyl (C=O) groups is 2. The van der Waals surface area contributed by atoms with Crippen molar-refractivity contribution in [1.82, 2.24) is 5.32 Å². The molecular formula is C18H28N2O6. The largest absolute Gasteiger partial charge is 0.507 e. The molecule has 0 spiro atoms. The molecule has 26 heavy (non-hydrogen) atoms. The third kappa shape index (κ3) is 7.38. The Morgan fingerprint density at radius 1 is 1.19 bits per heavy atom. The summed E-state index contributed by atoms with van der Waals surface area (Å²) in [5.41, 5.74) is 5.41. The molecule has 0 bridgehead atoms. The summed E-state index contributed by atoms with van der Waals surface area (Å²) >= 11 is 0. The number of rotatable bonds is 13. The highest BCUT2D eigenvalue weighted by Gasteiger charge is 2.19. The van der Waals surface area contributed by atoms with Gasteiger partial charge in [0, 0.05) is 24.6 Å². The van der Waals surface area contributed by atoms with E-state index in [2.05, 4.69) is 19.2 Å². The molecule has 0 atom stereocenters. The minimum atomic E-state index is -0.825. The lowest BCUT2D eigenvalue weighted by atomic mass is 10.0. The molecule has 0 fully saturated rings. The molecule has 0 saturated carbocycles. The molecule has 0 saturated heterocycles. The van der Waals surface area contributed by atoms with Crippen molar-refractivity contribution in [3.8, 4) is 11.5 Å². The molecule has 1 aromatic carbocycles. The van der Waals surface area contributed by atoms with Crippen LogP contribution in [0.3, 0.4) is 0 Å². The first-order chi connectivity index (χ1) is 12.4. The van der Waals surface area contributed by atoms with E-state index < -0.39 is 5.91 Å². The van der Waals surface area contributed by atoms with E-state index in [1.165, 1.54) is 19.2 Å². The van der Waals surface area contributed by atoms with Crippen molar-refractivity contribution in [2.24, 2.45) is 5.73 Å². The maximum atomic E-state index is 12.0. The third-order valence-electron chi connectivity index (χ3n) is 3.51. The number of hydrogen-bond acceptors (Lipinski definition) is 7. The molecule has 8 heteroatoms. The van der Waals surface area contributed by atoms with Crippen LogP contribution in [0.25, 0.3) is 0 Å². The topological polar surface area (TPSA) is 120 Å². The molecule has 1 amide bonds. The number of ether oxygens (including phenoxy) is 3. The van der Waals surface area contributed by atoms with Crippen LogP contribution < -0.4 is 15.8 Å². The second-order valence-corrected chi connectivity index (χ2v) is 6.00. The number of ketones is 1. The first-order valence-electron chi connectivity index (χ1n) is 8.46. The standard InChI is InChI=1S/C18H28N2O6/c1-12(2)20-6-7-25-8-9-26-11-14(21)10-13-4-5-15(24-3)16(17(13)22)18(19)23/h4-5,12,20,22H,6-11H2,1-3H3,(H2,19,23). The van der Waals surface area contributed by atoms with Crippen molar-refractivity contribution in [3.63, 3.8) is 0 Å². The fourth-order valence-electron chi connectivity index (χ4n) is 2.26. The molecule has 0 aliphatic carbocycles. The molecule has 0 heterocycles. The Morgan fingerprint density at radius 3 is 2.50 bits per heavy atom. The van der Waals surface area contributed by atoms with Gasteiger partial charge in [0.15, 0.2) is 5.78 Å². The van der Waals surface area contributed by atoms with E-state index in [0.717, 1.165) is 6.54 Å². The number of primary amides is 1. The normalized spacial score (nSPS) is 10.9. The van der Waals surface area contributed by atoms with Gasteiger partial charge in [0.05, 0.1) is 26.9 Å². The number of nitrogens with one attached hydrogen (secondary N) is 1. The number of Topliss-reactive ketones (excluding diaryl/α,β-unsaturated/α-hetero) is 1. The second-order valence-electron chi connectivity index (χ2n) is 6.00. The summed E-state index contributed by atoms with van der Waals surface area (Å²) in [6.07, 6.45) is -0.0741. The Balaban J connectivity index is 2.38. The summed E-state index contributed by atoms with van der Waals surface area (Å²) in [6.45, 7) is 6.04. The lowest BCUT2D eigenvalue weighted by Gasteiger charge is -2.12. The van der Waals surface area contributed by atoms with Gasteiger partial charge in [-0.15, -0.1) is 0 Å². The average Bonchev–Trinajstić information content (AvgIpc) is 2.58.